The lowest BCUT2D eigenvalue weighted by Gasteiger charge is -2.61. The fourth-order valence-electron chi connectivity index (χ4n) is 12.1. The van der Waals surface area contributed by atoms with Crippen molar-refractivity contribution in [1.82, 2.24) is 9.97 Å². The van der Waals surface area contributed by atoms with Gasteiger partial charge in [0.15, 0.2) is 5.82 Å². The highest BCUT2D eigenvalue weighted by Crippen LogP contribution is 2.69. The van der Waals surface area contributed by atoms with E-state index in [4.69, 9.17) is 9.97 Å². The summed E-state index contributed by atoms with van der Waals surface area (Å²) in [5.41, 5.74) is 14.0. The summed E-state index contributed by atoms with van der Waals surface area (Å²) in [6, 6.07) is 58.1. The quantitative estimate of drug-likeness (QED) is 0.172. The molecule has 0 saturated heterocycles. The van der Waals surface area contributed by atoms with Crippen molar-refractivity contribution in [3.63, 3.8) is 0 Å². The zero-order valence-electron chi connectivity index (χ0n) is 30.3. The van der Waals surface area contributed by atoms with Crippen molar-refractivity contribution in [1.29, 1.82) is 0 Å². The van der Waals surface area contributed by atoms with E-state index in [0.717, 1.165) is 57.6 Å². The lowest BCUT2D eigenvalue weighted by atomic mass is 9.43. The molecule has 5 aliphatic rings. The van der Waals surface area contributed by atoms with Crippen LogP contribution >= 0.6 is 0 Å². The third kappa shape index (κ3) is 4.28. The fourth-order valence-corrected chi connectivity index (χ4v) is 12.1. The molecule has 0 unspecified atom stereocenters. The van der Waals surface area contributed by atoms with Gasteiger partial charge in [-0.05, 0) is 123 Å². The molecule has 0 N–H and O–H groups in total. The summed E-state index contributed by atoms with van der Waals surface area (Å²) in [5.74, 6) is 4.06. The molecular weight excluding hydrogens is 653 g/mol. The first-order chi connectivity index (χ1) is 26.7. The molecule has 2 heteroatoms. The van der Waals surface area contributed by atoms with Gasteiger partial charge in [-0.15, -0.1) is 0 Å². The van der Waals surface area contributed by atoms with E-state index in [-0.39, 0.29) is 5.41 Å². The maximum absolute atomic E-state index is 5.36. The first kappa shape index (κ1) is 30.6. The van der Waals surface area contributed by atoms with Gasteiger partial charge < -0.3 is 0 Å². The van der Waals surface area contributed by atoms with Crippen LogP contribution in [0.25, 0.3) is 77.7 Å². The van der Waals surface area contributed by atoms with Gasteiger partial charge in [-0.2, -0.15) is 0 Å². The zero-order chi connectivity index (χ0) is 35.4. The molecule has 1 spiro atoms. The molecule has 0 aliphatic heterocycles. The van der Waals surface area contributed by atoms with E-state index >= 15 is 0 Å². The van der Waals surface area contributed by atoms with Gasteiger partial charge in [-0.1, -0.05) is 146 Å². The number of aromatic nitrogens is 2. The standard InChI is InChI=1S/C52H40N2/c1-3-13-34(14-4-1)47-31-48(35-15-5-2-6-16-35)54-51(53-47)50-43-20-9-7-18-41(43)49(42-19-8-10-21-44(42)50)36-23-24-40-39-17-11-12-22-45(39)52(46(40)30-36)37-26-32-25-33(28-37)29-38(52)27-32/h1-24,30-33,37-38H,25-29H2. The van der Waals surface area contributed by atoms with Crippen LogP contribution in [0.4, 0.5) is 0 Å². The Morgan fingerprint density at radius 3 is 1.44 bits per heavy atom. The summed E-state index contributed by atoms with van der Waals surface area (Å²) in [4.78, 5) is 10.7. The molecule has 4 bridgehead atoms. The molecule has 0 radical (unpaired) electrons. The van der Waals surface area contributed by atoms with Crippen molar-refractivity contribution in [3.8, 4) is 56.2 Å². The highest BCUT2D eigenvalue weighted by atomic mass is 14.9. The van der Waals surface area contributed by atoms with Crippen LogP contribution in [-0.2, 0) is 5.41 Å². The SMILES string of the molecule is c1ccc(-c2cc(-c3ccccc3)nc(-c3c4ccccc4c(-c4ccc5c(c4)C4(c6ccccc6-5)C5CC6CC(C5)CC4C6)c4ccccc34)n2)cc1. The molecule has 0 amide bonds. The molecule has 54 heavy (non-hydrogen) atoms. The van der Waals surface area contributed by atoms with Crippen molar-refractivity contribution in [2.75, 3.05) is 0 Å². The van der Waals surface area contributed by atoms with E-state index in [1.165, 1.54) is 75.9 Å². The van der Waals surface area contributed by atoms with Gasteiger partial charge in [-0.3, -0.25) is 0 Å². The molecule has 2 nitrogen and oxygen atoms in total. The van der Waals surface area contributed by atoms with Gasteiger partial charge in [0, 0.05) is 22.1 Å². The summed E-state index contributed by atoms with van der Waals surface area (Å²) in [5, 5.41) is 4.86. The lowest BCUT2D eigenvalue weighted by Crippen LogP contribution is -2.55. The third-order valence-corrected chi connectivity index (χ3v) is 13.9. The molecule has 7 aromatic carbocycles. The van der Waals surface area contributed by atoms with Crippen molar-refractivity contribution in [2.24, 2.45) is 23.7 Å². The van der Waals surface area contributed by atoms with Crippen LogP contribution in [-0.4, -0.2) is 9.97 Å². The van der Waals surface area contributed by atoms with E-state index < -0.39 is 0 Å². The van der Waals surface area contributed by atoms with Gasteiger partial charge in [0.25, 0.3) is 0 Å². The van der Waals surface area contributed by atoms with Crippen LogP contribution in [0, 0.1) is 23.7 Å². The smallest absolute Gasteiger partial charge is 0.161 e. The largest absolute Gasteiger partial charge is 0.228 e. The maximum atomic E-state index is 5.36. The van der Waals surface area contributed by atoms with Crippen LogP contribution in [0.2, 0.25) is 0 Å². The zero-order valence-corrected chi connectivity index (χ0v) is 30.3. The molecule has 4 saturated carbocycles. The second-order valence-electron chi connectivity index (χ2n) is 16.5. The molecule has 0 atom stereocenters. The number of rotatable bonds is 4. The van der Waals surface area contributed by atoms with Crippen molar-refractivity contribution in [2.45, 2.75) is 37.5 Å². The Hall–Kier alpha value is -5.86. The van der Waals surface area contributed by atoms with E-state index in [1.54, 1.807) is 11.1 Å². The molecular formula is C52H40N2. The van der Waals surface area contributed by atoms with Gasteiger partial charge in [0.1, 0.15) is 0 Å². The molecule has 1 aromatic heterocycles. The van der Waals surface area contributed by atoms with Crippen LogP contribution in [0.15, 0.2) is 158 Å². The Kier molecular flexibility index (Phi) is 6.55. The van der Waals surface area contributed by atoms with E-state index in [0.29, 0.717) is 0 Å². The topological polar surface area (TPSA) is 25.8 Å². The summed E-state index contributed by atoms with van der Waals surface area (Å²) in [6.45, 7) is 0. The van der Waals surface area contributed by atoms with E-state index in [2.05, 4.69) is 158 Å². The Morgan fingerprint density at radius 1 is 0.389 bits per heavy atom. The van der Waals surface area contributed by atoms with Gasteiger partial charge >= 0.3 is 0 Å². The molecule has 1 heterocycles. The predicted molar refractivity (Wildman–Crippen MR) is 222 cm³/mol. The second kappa shape index (κ2) is 11.6. The fraction of sp³-hybridized carbons (Fsp3) is 0.192. The highest BCUT2D eigenvalue weighted by Gasteiger charge is 2.61. The first-order valence-corrected chi connectivity index (χ1v) is 19.9. The van der Waals surface area contributed by atoms with Crippen molar-refractivity contribution < 1.29 is 0 Å². The predicted octanol–water partition coefficient (Wildman–Crippen LogP) is 13.2. The van der Waals surface area contributed by atoms with Crippen molar-refractivity contribution in [3.05, 3.63) is 169 Å². The molecule has 5 aliphatic carbocycles. The average Bonchev–Trinajstić information content (AvgIpc) is 3.52. The summed E-state index contributed by atoms with van der Waals surface area (Å²) >= 11 is 0. The summed E-state index contributed by atoms with van der Waals surface area (Å²) in [6.07, 6.45) is 7.01. The van der Waals surface area contributed by atoms with Crippen LogP contribution in [0.1, 0.15) is 43.2 Å². The minimum atomic E-state index is 0.125. The highest BCUT2D eigenvalue weighted by molar-refractivity contribution is 6.21. The number of hydrogen-bond acceptors (Lipinski definition) is 2. The average molecular weight is 693 g/mol. The summed E-state index contributed by atoms with van der Waals surface area (Å²) < 4.78 is 0. The maximum Gasteiger partial charge on any atom is 0.161 e. The Bertz CT molecular complexity index is 2640. The van der Waals surface area contributed by atoms with E-state index in [9.17, 15) is 0 Å². The van der Waals surface area contributed by atoms with Gasteiger partial charge in [0.05, 0.1) is 11.4 Å². The molecule has 4 fully saturated rings. The molecule has 13 rings (SSSR count). The van der Waals surface area contributed by atoms with Crippen LogP contribution in [0.5, 0.6) is 0 Å². The number of nitrogens with zero attached hydrogens (tertiary/aromatic N) is 2. The first-order valence-electron chi connectivity index (χ1n) is 19.9. The molecule has 8 aromatic rings. The van der Waals surface area contributed by atoms with Gasteiger partial charge in [-0.25, -0.2) is 9.97 Å². The lowest BCUT2D eigenvalue weighted by molar-refractivity contribution is -0.0399. The molecule has 258 valence electrons. The minimum absolute atomic E-state index is 0.125. The van der Waals surface area contributed by atoms with Crippen LogP contribution < -0.4 is 0 Å². The third-order valence-electron chi connectivity index (χ3n) is 13.9. The second-order valence-corrected chi connectivity index (χ2v) is 16.5. The number of fused-ring (bicyclic) bond motifs is 5. The summed E-state index contributed by atoms with van der Waals surface area (Å²) in [7, 11) is 0. The number of benzene rings is 7. The number of hydrogen-bond donors (Lipinski definition) is 0. The normalized spacial score (nSPS) is 23.3. The van der Waals surface area contributed by atoms with Gasteiger partial charge in [0.2, 0.25) is 0 Å². The van der Waals surface area contributed by atoms with E-state index in [1.807, 2.05) is 0 Å². The van der Waals surface area contributed by atoms with Crippen LogP contribution in [0.3, 0.4) is 0 Å². The Labute approximate surface area is 316 Å². The van der Waals surface area contributed by atoms with Crippen molar-refractivity contribution >= 4 is 21.5 Å². The monoisotopic (exact) mass is 692 g/mol. The Balaban J connectivity index is 1.11. The minimum Gasteiger partial charge on any atom is -0.228 e. The Morgan fingerprint density at radius 2 is 0.870 bits per heavy atom.